The van der Waals surface area contributed by atoms with Crippen LogP contribution in [0.25, 0.3) is 0 Å². The lowest BCUT2D eigenvalue weighted by Gasteiger charge is -2.31. The molecule has 2 heterocycles. The summed E-state index contributed by atoms with van der Waals surface area (Å²) >= 11 is 1.83. The van der Waals surface area contributed by atoms with Crippen LogP contribution in [0.5, 0.6) is 0 Å². The highest BCUT2D eigenvalue weighted by Crippen LogP contribution is 2.20. The van der Waals surface area contributed by atoms with Crippen molar-refractivity contribution >= 4 is 23.7 Å². The van der Waals surface area contributed by atoms with Gasteiger partial charge in [-0.1, -0.05) is 13.3 Å². The van der Waals surface area contributed by atoms with Crippen molar-refractivity contribution in [1.82, 2.24) is 15.2 Å². The summed E-state index contributed by atoms with van der Waals surface area (Å²) in [6.45, 7) is 6.90. The van der Waals surface area contributed by atoms with E-state index in [1.54, 1.807) is 0 Å². The molecule has 19 heavy (non-hydrogen) atoms. The van der Waals surface area contributed by atoms with E-state index in [4.69, 9.17) is 4.98 Å². The number of nitrogens with one attached hydrogen (secondary N) is 1. The Kier molecular flexibility index (Phi) is 7.91. The van der Waals surface area contributed by atoms with Gasteiger partial charge in [0.1, 0.15) is 5.01 Å². The van der Waals surface area contributed by atoms with Gasteiger partial charge < -0.3 is 5.32 Å². The third-order valence-electron chi connectivity index (χ3n) is 3.66. The average molecular weight is 304 g/mol. The predicted octanol–water partition coefficient (Wildman–Crippen LogP) is 2.95. The fourth-order valence-electron chi connectivity index (χ4n) is 2.62. The Bertz CT molecular complexity index is 348. The molecule has 0 aliphatic carbocycles. The van der Waals surface area contributed by atoms with Gasteiger partial charge in [-0.2, -0.15) is 0 Å². The molecule has 0 aromatic carbocycles. The van der Waals surface area contributed by atoms with E-state index in [1.807, 2.05) is 11.3 Å². The van der Waals surface area contributed by atoms with Gasteiger partial charge in [0.15, 0.2) is 0 Å². The minimum absolute atomic E-state index is 0. The highest BCUT2D eigenvalue weighted by Gasteiger charge is 2.19. The molecule has 1 aromatic rings. The van der Waals surface area contributed by atoms with Crippen LogP contribution in [-0.2, 0) is 13.0 Å². The van der Waals surface area contributed by atoms with Crippen molar-refractivity contribution in [3.8, 4) is 0 Å². The first-order valence-corrected chi connectivity index (χ1v) is 8.00. The van der Waals surface area contributed by atoms with Gasteiger partial charge in [-0.3, -0.25) is 4.90 Å². The van der Waals surface area contributed by atoms with Crippen LogP contribution in [0.4, 0.5) is 0 Å². The number of piperidine rings is 1. The molecule has 3 nitrogen and oxygen atoms in total. The number of aromatic nitrogens is 1. The number of hydrogen-bond donors (Lipinski definition) is 1. The second kappa shape index (κ2) is 8.90. The van der Waals surface area contributed by atoms with Gasteiger partial charge in [0.05, 0.1) is 12.2 Å². The normalized spacial score (nSPS) is 17.4. The van der Waals surface area contributed by atoms with Crippen LogP contribution in [0, 0.1) is 5.92 Å². The number of halogens is 1. The third kappa shape index (κ3) is 5.38. The van der Waals surface area contributed by atoms with Crippen LogP contribution in [-0.4, -0.2) is 36.6 Å². The smallest absolute Gasteiger partial charge is 0.107 e. The van der Waals surface area contributed by atoms with Crippen LogP contribution in [0.2, 0.25) is 0 Å². The van der Waals surface area contributed by atoms with Gasteiger partial charge in [0, 0.05) is 5.38 Å². The van der Waals surface area contributed by atoms with Crippen molar-refractivity contribution in [3.05, 3.63) is 16.1 Å². The molecule has 0 unspecified atom stereocenters. The zero-order valence-corrected chi connectivity index (χ0v) is 13.7. The molecule has 1 aliphatic rings. The summed E-state index contributed by atoms with van der Waals surface area (Å²) in [5, 5.41) is 6.82. The van der Waals surface area contributed by atoms with E-state index in [0.29, 0.717) is 0 Å². The third-order valence-corrected chi connectivity index (χ3v) is 4.55. The lowest BCUT2D eigenvalue weighted by atomic mass is 9.97. The van der Waals surface area contributed by atoms with Gasteiger partial charge in [0.2, 0.25) is 0 Å². The Morgan fingerprint density at radius 2 is 2.16 bits per heavy atom. The zero-order valence-electron chi connectivity index (χ0n) is 12.0. The monoisotopic (exact) mass is 303 g/mol. The van der Waals surface area contributed by atoms with Crippen molar-refractivity contribution in [2.24, 2.45) is 5.92 Å². The average Bonchev–Trinajstić information content (AvgIpc) is 2.80. The Balaban J connectivity index is 0.00000180. The summed E-state index contributed by atoms with van der Waals surface area (Å²) < 4.78 is 0. The van der Waals surface area contributed by atoms with E-state index >= 15 is 0 Å². The number of likely N-dealkylation sites (tertiary alicyclic amines) is 1. The van der Waals surface area contributed by atoms with Crippen molar-refractivity contribution < 1.29 is 0 Å². The van der Waals surface area contributed by atoms with E-state index in [-0.39, 0.29) is 12.4 Å². The summed E-state index contributed by atoms with van der Waals surface area (Å²) in [5.41, 5.74) is 1.28. The van der Waals surface area contributed by atoms with Crippen LogP contribution in [0.15, 0.2) is 5.38 Å². The minimum Gasteiger partial charge on any atom is -0.319 e. The topological polar surface area (TPSA) is 28.2 Å². The van der Waals surface area contributed by atoms with E-state index in [9.17, 15) is 0 Å². The molecule has 0 spiro atoms. The Morgan fingerprint density at radius 3 is 2.79 bits per heavy atom. The van der Waals surface area contributed by atoms with Gasteiger partial charge in [-0.15, -0.1) is 23.7 Å². The van der Waals surface area contributed by atoms with Crippen LogP contribution in [0.3, 0.4) is 0 Å². The van der Waals surface area contributed by atoms with Crippen LogP contribution < -0.4 is 5.32 Å². The number of nitrogens with zero attached hydrogens (tertiary/aromatic N) is 2. The summed E-state index contributed by atoms with van der Waals surface area (Å²) in [7, 11) is 2.05. The van der Waals surface area contributed by atoms with Gasteiger partial charge >= 0.3 is 0 Å². The predicted molar refractivity (Wildman–Crippen MR) is 85.3 cm³/mol. The SMILES string of the molecule is CCCc1csc(CN2CCC(CNC)CC2)n1.Cl. The molecule has 0 bridgehead atoms. The minimum atomic E-state index is 0. The molecule has 0 radical (unpaired) electrons. The maximum absolute atomic E-state index is 4.71. The maximum atomic E-state index is 4.71. The van der Waals surface area contributed by atoms with Crippen LogP contribution in [0.1, 0.15) is 36.9 Å². The van der Waals surface area contributed by atoms with Gasteiger partial charge in [0.25, 0.3) is 0 Å². The largest absolute Gasteiger partial charge is 0.319 e. The molecule has 1 aromatic heterocycles. The summed E-state index contributed by atoms with van der Waals surface area (Å²) in [4.78, 5) is 7.27. The molecule has 0 amide bonds. The molecular formula is C14H26ClN3S. The Hall–Kier alpha value is -0.160. The van der Waals surface area contributed by atoms with Gasteiger partial charge in [-0.05, 0) is 51.9 Å². The molecule has 1 N–H and O–H groups in total. The number of hydrogen-bond acceptors (Lipinski definition) is 4. The Labute approximate surface area is 127 Å². The second-order valence-corrected chi connectivity index (χ2v) is 6.20. The lowest BCUT2D eigenvalue weighted by Crippen LogP contribution is -2.36. The van der Waals surface area contributed by atoms with Gasteiger partial charge in [-0.25, -0.2) is 4.98 Å². The van der Waals surface area contributed by atoms with E-state index in [2.05, 4.69) is 29.6 Å². The van der Waals surface area contributed by atoms with Crippen molar-refractivity contribution in [1.29, 1.82) is 0 Å². The van der Waals surface area contributed by atoms with Crippen molar-refractivity contribution in [2.75, 3.05) is 26.7 Å². The van der Waals surface area contributed by atoms with Crippen molar-refractivity contribution in [2.45, 2.75) is 39.2 Å². The summed E-state index contributed by atoms with van der Waals surface area (Å²) in [6.07, 6.45) is 4.97. The summed E-state index contributed by atoms with van der Waals surface area (Å²) in [6, 6.07) is 0. The molecule has 1 fully saturated rings. The molecule has 0 atom stereocenters. The number of rotatable bonds is 6. The molecular weight excluding hydrogens is 278 g/mol. The fourth-order valence-corrected chi connectivity index (χ4v) is 3.49. The van der Waals surface area contributed by atoms with Crippen molar-refractivity contribution in [3.63, 3.8) is 0 Å². The Morgan fingerprint density at radius 1 is 1.42 bits per heavy atom. The fraction of sp³-hybridized carbons (Fsp3) is 0.786. The molecule has 1 aliphatic heterocycles. The summed E-state index contributed by atoms with van der Waals surface area (Å²) in [5.74, 6) is 0.873. The molecule has 1 saturated heterocycles. The molecule has 0 saturated carbocycles. The van der Waals surface area contributed by atoms with Crippen LogP contribution >= 0.6 is 23.7 Å². The number of thiazole rings is 1. The van der Waals surface area contributed by atoms with E-state index < -0.39 is 0 Å². The highest BCUT2D eigenvalue weighted by atomic mass is 35.5. The first-order valence-electron chi connectivity index (χ1n) is 7.12. The van der Waals surface area contributed by atoms with E-state index in [0.717, 1.165) is 18.9 Å². The number of aryl methyl sites for hydroxylation is 1. The molecule has 5 heteroatoms. The lowest BCUT2D eigenvalue weighted by molar-refractivity contribution is 0.176. The quantitative estimate of drug-likeness (QED) is 0.876. The maximum Gasteiger partial charge on any atom is 0.107 e. The first kappa shape index (κ1) is 16.9. The standard InChI is InChI=1S/C14H25N3S.ClH/c1-3-4-13-11-18-14(16-13)10-17-7-5-12(6-8-17)9-15-2;/h11-12,15H,3-10H2,1-2H3;1H. The second-order valence-electron chi connectivity index (χ2n) is 5.26. The highest BCUT2D eigenvalue weighted by molar-refractivity contribution is 7.09. The molecule has 2 rings (SSSR count). The molecule has 110 valence electrons. The first-order chi connectivity index (χ1) is 8.81. The zero-order chi connectivity index (χ0) is 12.8. The van der Waals surface area contributed by atoms with E-state index in [1.165, 1.54) is 49.6 Å².